The summed E-state index contributed by atoms with van der Waals surface area (Å²) in [5, 5.41) is 0. The highest BCUT2D eigenvalue weighted by Crippen LogP contribution is 2.51. The molecular formula is C29H61NO3P+. The maximum Gasteiger partial charge on any atom is 0.385 e. The van der Waals surface area contributed by atoms with E-state index in [0.29, 0.717) is 17.5 Å². The number of unbranched alkanes of at least 4 members (excludes halogenated alkanes) is 17. The lowest BCUT2D eigenvalue weighted by molar-refractivity contribution is -0.883. The Kier molecular flexibility index (Phi) is 22.0. The molecule has 0 radical (unpaired) electrons. The molecule has 0 aromatic carbocycles. The normalized spacial score (nSPS) is 15.1. The van der Waals surface area contributed by atoms with Crippen LogP contribution in [-0.2, 0) is 9.09 Å². The van der Waals surface area contributed by atoms with Crippen LogP contribution in [0.3, 0.4) is 0 Å². The van der Waals surface area contributed by atoms with Crippen LogP contribution in [0.4, 0.5) is 0 Å². The third-order valence-electron chi connectivity index (χ3n) is 6.82. The molecule has 0 saturated carbocycles. The van der Waals surface area contributed by atoms with Gasteiger partial charge in [0, 0.05) is 6.42 Å². The van der Waals surface area contributed by atoms with Gasteiger partial charge in [-0.15, -0.1) is 0 Å². The zero-order valence-electron chi connectivity index (χ0n) is 23.7. The Morgan fingerprint density at radius 3 is 1.44 bits per heavy atom. The van der Waals surface area contributed by atoms with E-state index in [0.717, 1.165) is 12.8 Å². The Morgan fingerprint density at radius 2 is 1.06 bits per heavy atom. The molecule has 1 N–H and O–H groups in total. The van der Waals surface area contributed by atoms with E-state index in [9.17, 15) is 9.46 Å². The van der Waals surface area contributed by atoms with Crippen LogP contribution in [0.2, 0.25) is 0 Å². The van der Waals surface area contributed by atoms with Crippen LogP contribution in [0.1, 0.15) is 142 Å². The molecule has 0 bridgehead atoms. The van der Waals surface area contributed by atoms with Crippen molar-refractivity contribution in [2.75, 3.05) is 27.7 Å². The largest absolute Gasteiger partial charge is 0.385 e. The summed E-state index contributed by atoms with van der Waals surface area (Å²) in [4.78, 5) is 10.3. The molecule has 5 heteroatoms. The van der Waals surface area contributed by atoms with Crippen LogP contribution < -0.4 is 0 Å². The molecule has 0 fully saturated rings. The minimum Gasteiger partial charge on any atom is -0.320 e. The fraction of sp³-hybridized carbons (Fsp3) is 0.931. The summed E-state index contributed by atoms with van der Waals surface area (Å²) in [6.45, 7) is 4.63. The Bertz CT molecular complexity index is 516. The van der Waals surface area contributed by atoms with Crippen molar-refractivity contribution < 1.29 is 18.5 Å². The van der Waals surface area contributed by atoms with E-state index in [1.54, 1.807) is 0 Å². The third kappa shape index (κ3) is 20.1. The molecule has 0 heterocycles. The number of nitrogens with zero attached hydrogens (tertiary/aromatic N) is 1. The zero-order chi connectivity index (χ0) is 25.5. The molecule has 4 nitrogen and oxygen atoms in total. The van der Waals surface area contributed by atoms with E-state index in [-0.39, 0.29) is 5.78 Å². The molecule has 0 aliphatic carbocycles. The molecule has 0 aliphatic rings. The SMILES string of the molecule is CCCCCCCCCCCCCC=CCCCCCCCCOP(=O)(O)C(CC)[N+](C)(C)C. The average Bonchev–Trinajstić information content (AvgIpc) is 2.76. The molecule has 2 unspecified atom stereocenters. The number of allylic oxidation sites excluding steroid dienone is 2. The summed E-state index contributed by atoms with van der Waals surface area (Å²) in [6.07, 6.45) is 30.4. The Labute approximate surface area is 214 Å². The lowest BCUT2D eigenvalue weighted by Crippen LogP contribution is -2.44. The minimum atomic E-state index is -3.56. The minimum absolute atomic E-state index is 0.351. The first-order chi connectivity index (χ1) is 16.3. The van der Waals surface area contributed by atoms with Crippen molar-refractivity contribution >= 4 is 7.60 Å². The summed E-state index contributed by atoms with van der Waals surface area (Å²) in [7, 11) is 2.30. The second-order valence-electron chi connectivity index (χ2n) is 11.1. The predicted octanol–water partition coefficient (Wildman–Crippen LogP) is 9.62. The second-order valence-corrected chi connectivity index (χ2v) is 13.1. The summed E-state index contributed by atoms with van der Waals surface area (Å²) < 4.78 is 18.4. The van der Waals surface area contributed by atoms with Crippen molar-refractivity contribution in [3.8, 4) is 0 Å². The maximum absolute atomic E-state index is 12.5. The van der Waals surface area contributed by atoms with E-state index in [1.165, 1.54) is 109 Å². The van der Waals surface area contributed by atoms with Crippen LogP contribution in [0.5, 0.6) is 0 Å². The lowest BCUT2D eigenvalue weighted by atomic mass is 10.0. The molecule has 0 spiro atoms. The Hall–Kier alpha value is -0.150. The van der Waals surface area contributed by atoms with Crippen molar-refractivity contribution in [1.29, 1.82) is 0 Å². The highest BCUT2D eigenvalue weighted by molar-refractivity contribution is 7.53. The quantitative estimate of drug-likeness (QED) is 0.0585. The van der Waals surface area contributed by atoms with Crippen LogP contribution in [0.15, 0.2) is 12.2 Å². The van der Waals surface area contributed by atoms with E-state index >= 15 is 0 Å². The first-order valence-electron chi connectivity index (χ1n) is 14.7. The maximum atomic E-state index is 12.5. The van der Waals surface area contributed by atoms with Gasteiger partial charge in [0.05, 0.1) is 27.7 Å². The van der Waals surface area contributed by atoms with Crippen molar-refractivity contribution in [3.05, 3.63) is 12.2 Å². The van der Waals surface area contributed by atoms with Gasteiger partial charge in [-0.2, -0.15) is 0 Å². The monoisotopic (exact) mass is 502 g/mol. The van der Waals surface area contributed by atoms with E-state index in [1.807, 2.05) is 28.1 Å². The molecule has 2 atom stereocenters. The van der Waals surface area contributed by atoms with Gasteiger partial charge < -0.3 is 13.9 Å². The highest BCUT2D eigenvalue weighted by atomic mass is 31.2. The number of hydrogen-bond donors (Lipinski definition) is 1. The Morgan fingerprint density at radius 1 is 0.676 bits per heavy atom. The number of hydrogen-bond acceptors (Lipinski definition) is 2. The van der Waals surface area contributed by atoms with Gasteiger partial charge in [0.1, 0.15) is 0 Å². The fourth-order valence-corrected chi connectivity index (χ4v) is 6.63. The summed E-state index contributed by atoms with van der Waals surface area (Å²) in [5.41, 5.74) is 0. The molecular weight excluding hydrogens is 441 g/mol. The fourth-order valence-electron chi connectivity index (χ4n) is 4.73. The van der Waals surface area contributed by atoms with Crippen LogP contribution in [0.25, 0.3) is 0 Å². The molecule has 0 saturated heterocycles. The Balaban J connectivity index is 3.42. The molecule has 34 heavy (non-hydrogen) atoms. The van der Waals surface area contributed by atoms with Gasteiger partial charge >= 0.3 is 7.60 Å². The van der Waals surface area contributed by atoms with E-state index < -0.39 is 7.60 Å². The van der Waals surface area contributed by atoms with E-state index in [2.05, 4.69) is 19.1 Å². The summed E-state index contributed by atoms with van der Waals surface area (Å²) in [6, 6.07) is 0. The van der Waals surface area contributed by atoms with Gasteiger partial charge in [-0.3, -0.25) is 4.57 Å². The highest BCUT2D eigenvalue weighted by Gasteiger charge is 2.41. The van der Waals surface area contributed by atoms with Crippen molar-refractivity contribution in [3.63, 3.8) is 0 Å². The van der Waals surface area contributed by atoms with Gasteiger partial charge in [0.25, 0.3) is 0 Å². The van der Waals surface area contributed by atoms with Crippen LogP contribution in [-0.4, -0.2) is 42.9 Å². The first-order valence-corrected chi connectivity index (χ1v) is 16.3. The van der Waals surface area contributed by atoms with E-state index in [4.69, 9.17) is 4.52 Å². The van der Waals surface area contributed by atoms with Gasteiger partial charge in [-0.05, 0) is 32.1 Å². The molecule has 0 aromatic heterocycles. The topological polar surface area (TPSA) is 46.5 Å². The number of quaternary nitrogens is 1. The zero-order valence-corrected chi connectivity index (χ0v) is 24.6. The first kappa shape index (κ1) is 33.8. The molecule has 0 rings (SSSR count). The summed E-state index contributed by atoms with van der Waals surface area (Å²) in [5.74, 6) is -0.351. The van der Waals surface area contributed by atoms with Gasteiger partial charge in [0.15, 0.2) is 5.78 Å². The van der Waals surface area contributed by atoms with Gasteiger partial charge in [0.2, 0.25) is 0 Å². The predicted molar refractivity (Wildman–Crippen MR) is 150 cm³/mol. The van der Waals surface area contributed by atoms with Gasteiger partial charge in [-0.25, -0.2) is 0 Å². The van der Waals surface area contributed by atoms with Crippen molar-refractivity contribution in [1.82, 2.24) is 0 Å². The second kappa shape index (κ2) is 22.1. The van der Waals surface area contributed by atoms with Crippen LogP contribution in [0, 0.1) is 0 Å². The standard InChI is InChI=1S/C29H60NO3P/c1-6-8-9-10-11-12-13-14-15-16-17-18-19-20-21-22-23-24-25-26-27-28-33-34(31,32)29(7-2)30(3,4)5/h19-20,29H,6-18,21-28H2,1-5H3/p+1. The smallest absolute Gasteiger partial charge is 0.320 e. The van der Waals surface area contributed by atoms with Crippen molar-refractivity contribution in [2.45, 2.75) is 148 Å². The van der Waals surface area contributed by atoms with Crippen molar-refractivity contribution in [2.24, 2.45) is 0 Å². The molecule has 0 amide bonds. The summed E-state index contributed by atoms with van der Waals surface area (Å²) >= 11 is 0. The molecule has 0 aromatic rings. The number of rotatable bonds is 25. The van der Waals surface area contributed by atoms with Crippen LogP contribution >= 0.6 is 7.60 Å². The lowest BCUT2D eigenvalue weighted by Gasteiger charge is -2.35. The average molecular weight is 503 g/mol. The third-order valence-corrected chi connectivity index (χ3v) is 9.18. The molecule has 0 aliphatic heterocycles. The molecule has 204 valence electrons. The van der Waals surface area contributed by atoms with Gasteiger partial charge in [-0.1, -0.05) is 116 Å².